The number of ether oxygens (including phenoxy) is 1. The summed E-state index contributed by atoms with van der Waals surface area (Å²) in [6.45, 7) is 3.88. The zero-order chi connectivity index (χ0) is 17.1. The molecule has 24 heavy (non-hydrogen) atoms. The molecule has 5 heteroatoms. The molecular weight excluding hydrogens is 322 g/mol. The van der Waals surface area contributed by atoms with E-state index < -0.39 is 6.10 Å². The fraction of sp³-hybridized carbons (Fsp3) is 0.684. The number of thiophene rings is 1. The quantitative estimate of drug-likeness (QED) is 0.821. The molecule has 1 saturated carbocycles. The number of nitrogens with one attached hydrogen (secondary N) is 1. The van der Waals surface area contributed by atoms with Crippen LogP contribution in [0.2, 0.25) is 0 Å². The van der Waals surface area contributed by atoms with Crippen molar-refractivity contribution in [3.8, 4) is 0 Å². The first kappa shape index (κ1) is 17.5. The second kappa shape index (κ2) is 7.68. The number of rotatable bonds is 5. The first-order chi connectivity index (χ1) is 11.6. The number of hydrogen-bond acceptors (Lipinski definition) is 4. The van der Waals surface area contributed by atoms with Crippen molar-refractivity contribution in [2.24, 2.45) is 5.92 Å². The molecule has 1 heterocycles. The van der Waals surface area contributed by atoms with Crippen LogP contribution in [0.1, 0.15) is 72.5 Å². The van der Waals surface area contributed by atoms with Gasteiger partial charge in [-0.05, 0) is 56.6 Å². The van der Waals surface area contributed by atoms with Crippen molar-refractivity contribution in [3.05, 3.63) is 21.4 Å². The van der Waals surface area contributed by atoms with Crippen molar-refractivity contribution in [2.45, 2.75) is 77.4 Å². The minimum absolute atomic E-state index is 0.178. The molecular formula is C19H27NO3S. The van der Waals surface area contributed by atoms with Gasteiger partial charge in [-0.1, -0.05) is 26.2 Å². The Morgan fingerprint density at radius 3 is 2.79 bits per heavy atom. The van der Waals surface area contributed by atoms with Crippen LogP contribution in [0.15, 0.2) is 6.07 Å². The van der Waals surface area contributed by atoms with Crippen LogP contribution in [0.4, 0.5) is 0 Å². The number of carbonyl (C=O) groups is 2. The Bertz CT molecular complexity index is 604. The van der Waals surface area contributed by atoms with E-state index >= 15 is 0 Å². The minimum Gasteiger partial charge on any atom is -0.448 e. The summed E-state index contributed by atoms with van der Waals surface area (Å²) >= 11 is 1.54. The maximum atomic E-state index is 12.4. The summed E-state index contributed by atoms with van der Waals surface area (Å²) in [6.07, 6.45) is 8.17. The van der Waals surface area contributed by atoms with Gasteiger partial charge in [0, 0.05) is 10.9 Å². The van der Waals surface area contributed by atoms with E-state index in [2.05, 4.69) is 12.2 Å². The lowest BCUT2D eigenvalue weighted by molar-refractivity contribution is -0.129. The molecule has 3 rings (SSSR count). The molecule has 1 amide bonds. The minimum atomic E-state index is -0.736. The molecule has 2 atom stereocenters. The highest BCUT2D eigenvalue weighted by atomic mass is 32.1. The molecule has 2 aliphatic rings. The molecule has 0 bridgehead atoms. The van der Waals surface area contributed by atoms with Crippen LogP contribution in [0.25, 0.3) is 0 Å². The molecule has 0 spiro atoms. The summed E-state index contributed by atoms with van der Waals surface area (Å²) in [4.78, 5) is 26.5. The Labute approximate surface area is 148 Å². The van der Waals surface area contributed by atoms with E-state index in [1.54, 1.807) is 6.92 Å². The van der Waals surface area contributed by atoms with E-state index in [9.17, 15) is 9.59 Å². The Balaban J connectivity index is 1.56. The number of fused-ring (bicyclic) bond motifs is 1. The third kappa shape index (κ3) is 4.00. The van der Waals surface area contributed by atoms with E-state index in [1.807, 2.05) is 6.07 Å². The van der Waals surface area contributed by atoms with Gasteiger partial charge in [-0.15, -0.1) is 11.3 Å². The molecule has 0 aliphatic heterocycles. The van der Waals surface area contributed by atoms with Gasteiger partial charge in [0.1, 0.15) is 4.88 Å². The van der Waals surface area contributed by atoms with Crippen molar-refractivity contribution in [1.29, 1.82) is 0 Å². The second-order valence-electron chi connectivity index (χ2n) is 7.11. The summed E-state index contributed by atoms with van der Waals surface area (Å²) in [5.41, 5.74) is 1.30. The normalized spacial score (nSPS) is 22.0. The number of esters is 1. The maximum Gasteiger partial charge on any atom is 0.349 e. The first-order valence-electron chi connectivity index (χ1n) is 9.19. The lowest BCUT2D eigenvalue weighted by atomic mass is 9.87. The van der Waals surface area contributed by atoms with Crippen LogP contribution in [0.5, 0.6) is 0 Å². The molecule has 0 saturated heterocycles. The molecule has 1 fully saturated rings. The maximum absolute atomic E-state index is 12.4. The summed E-state index contributed by atoms with van der Waals surface area (Å²) in [7, 11) is 0. The third-order valence-electron chi connectivity index (χ3n) is 5.32. The lowest BCUT2D eigenvalue weighted by Gasteiger charge is -2.19. The highest BCUT2D eigenvalue weighted by molar-refractivity contribution is 7.14. The number of hydrogen-bond donors (Lipinski definition) is 1. The fourth-order valence-corrected chi connectivity index (χ4v) is 4.80. The molecule has 4 nitrogen and oxygen atoms in total. The van der Waals surface area contributed by atoms with Gasteiger partial charge < -0.3 is 10.1 Å². The van der Waals surface area contributed by atoms with Crippen LogP contribution in [-0.4, -0.2) is 24.0 Å². The predicted octanol–water partition coefficient (Wildman–Crippen LogP) is 3.87. The van der Waals surface area contributed by atoms with Crippen LogP contribution >= 0.6 is 11.3 Å². The van der Waals surface area contributed by atoms with Crippen LogP contribution < -0.4 is 5.32 Å². The number of amides is 1. The molecule has 1 aromatic heterocycles. The zero-order valence-electron chi connectivity index (χ0n) is 14.6. The average molecular weight is 349 g/mol. The van der Waals surface area contributed by atoms with E-state index in [0.29, 0.717) is 4.88 Å². The largest absolute Gasteiger partial charge is 0.448 e. The summed E-state index contributed by atoms with van der Waals surface area (Å²) in [5, 5.41) is 2.99. The number of carbonyl (C=O) groups excluding carboxylic acids is 2. The summed E-state index contributed by atoms with van der Waals surface area (Å²) in [5.74, 6) is 0.186. The highest BCUT2D eigenvalue weighted by Gasteiger charge is 2.26. The molecule has 1 aromatic rings. The van der Waals surface area contributed by atoms with Gasteiger partial charge in [-0.2, -0.15) is 0 Å². The smallest absolute Gasteiger partial charge is 0.349 e. The van der Waals surface area contributed by atoms with Gasteiger partial charge in [0.2, 0.25) is 0 Å². The lowest BCUT2D eigenvalue weighted by Crippen LogP contribution is -2.40. The van der Waals surface area contributed by atoms with Gasteiger partial charge >= 0.3 is 5.97 Å². The Morgan fingerprint density at radius 2 is 2.08 bits per heavy atom. The number of aryl methyl sites for hydroxylation is 1. The standard InChI is InChI=1S/C19H27NO3S/c1-3-13-8-9-16-14(10-13)11-17(24-16)19(22)23-12(2)18(21)20-15-6-4-5-7-15/h11-13,15H,3-10H2,1-2H3,(H,20,21)/t12-,13-/m0/s1. The second-order valence-corrected chi connectivity index (χ2v) is 8.25. The molecule has 1 N–H and O–H groups in total. The van der Waals surface area contributed by atoms with Gasteiger partial charge in [-0.25, -0.2) is 4.79 Å². The monoisotopic (exact) mass is 349 g/mol. The average Bonchev–Trinajstić information content (AvgIpc) is 3.22. The third-order valence-corrected chi connectivity index (χ3v) is 6.54. The Hall–Kier alpha value is -1.36. The fourth-order valence-electron chi connectivity index (χ4n) is 3.71. The van der Waals surface area contributed by atoms with Crippen molar-refractivity contribution in [2.75, 3.05) is 0 Å². The topological polar surface area (TPSA) is 55.4 Å². The molecule has 0 radical (unpaired) electrons. The van der Waals surface area contributed by atoms with E-state index in [0.717, 1.165) is 31.6 Å². The van der Waals surface area contributed by atoms with Gasteiger partial charge in [0.25, 0.3) is 5.91 Å². The molecule has 132 valence electrons. The van der Waals surface area contributed by atoms with Crippen molar-refractivity contribution in [1.82, 2.24) is 5.32 Å². The van der Waals surface area contributed by atoms with Crippen molar-refractivity contribution in [3.63, 3.8) is 0 Å². The molecule has 0 aromatic carbocycles. The van der Waals surface area contributed by atoms with Crippen molar-refractivity contribution >= 4 is 23.2 Å². The SMILES string of the molecule is CC[C@H]1CCc2sc(C(=O)O[C@@H](C)C(=O)NC3CCCC3)cc2C1. The summed E-state index contributed by atoms with van der Waals surface area (Å²) < 4.78 is 5.40. The Morgan fingerprint density at radius 1 is 1.33 bits per heavy atom. The van der Waals surface area contributed by atoms with Crippen molar-refractivity contribution < 1.29 is 14.3 Å². The van der Waals surface area contributed by atoms with Gasteiger partial charge in [-0.3, -0.25) is 4.79 Å². The van der Waals surface area contributed by atoms with Gasteiger partial charge in [0.05, 0.1) is 0 Å². The van der Waals surface area contributed by atoms with E-state index in [-0.39, 0.29) is 17.9 Å². The summed E-state index contributed by atoms with van der Waals surface area (Å²) in [6, 6.07) is 2.23. The highest BCUT2D eigenvalue weighted by Crippen LogP contribution is 2.33. The van der Waals surface area contributed by atoms with E-state index in [4.69, 9.17) is 4.74 Å². The van der Waals surface area contributed by atoms with E-state index in [1.165, 1.54) is 47.5 Å². The predicted molar refractivity (Wildman–Crippen MR) is 95.4 cm³/mol. The zero-order valence-corrected chi connectivity index (χ0v) is 15.4. The van der Waals surface area contributed by atoms with Crippen LogP contribution in [0.3, 0.4) is 0 Å². The van der Waals surface area contributed by atoms with Crippen LogP contribution in [0, 0.1) is 5.92 Å². The first-order valence-corrected chi connectivity index (χ1v) is 10.0. The Kier molecular flexibility index (Phi) is 5.59. The van der Waals surface area contributed by atoms with Crippen LogP contribution in [-0.2, 0) is 22.4 Å². The molecule has 0 unspecified atom stereocenters. The molecule has 2 aliphatic carbocycles. The van der Waals surface area contributed by atoms with Gasteiger partial charge in [0.15, 0.2) is 6.10 Å².